The Morgan fingerprint density at radius 1 is 0.938 bits per heavy atom. The lowest BCUT2D eigenvalue weighted by Gasteiger charge is -2.10. The SMILES string of the molecule is CC(C)CCc1cc(O)cc(CC(C)C)c1. The largest absolute Gasteiger partial charge is 0.508 e. The Bertz CT molecular complexity index is 326. The molecule has 0 saturated carbocycles. The number of rotatable bonds is 5. The van der Waals surface area contributed by atoms with E-state index in [1.165, 1.54) is 17.5 Å². The summed E-state index contributed by atoms with van der Waals surface area (Å²) in [6.07, 6.45) is 3.30. The molecule has 1 heteroatoms. The number of hydrogen-bond donors (Lipinski definition) is 1. The minimum Gasteiger partial charge on any atom is -0.508 e. The van der Waals surface area contributed by atoms with Crippen LogP contribution in [0.4, 0.5) is 0 Å². The Balaban J connectivity index is 2.73. The van der Waals surface area contributed by atoms with Crippen molar-refractivity contribution in [3.63, 3.8) is 0 Å². The van der Waals surface area contributed by atoms with Crippen LogP contribution in [0.2, 0.25) is 0 Å². The maximum atomic E-state index is 9.67. The van der Waals surface area contributed by atoms with Crippen LogP contribution in [0.3, 0.4) is 0 Å². The molecule has 0 aromatic heterocycles. The van der Waals surface area contributed by atoms with Gasteiger partial charge in [-0.15, -0.1) is 0 Å². The van der Waals surface area contributed by atoms with Gasteiger partial charge in [0.2, 0.25) is 0 Å². The number of phenolic OH excluding ortho intramolecular Hbond substituents is 1. The Morgan fingerprint density at radius 2 is 1.56 bits per heavy atom. The Morgan fingerprint density at radius 3 is 2.12 bits per heavy atom. The molecule has 0 atom stereocenters. The zero-order valence-corrected chi connectivity index (χ0v) is 11.0. The van der Waals surface area contributed by atoms with Crippen LogP contribution in [0.25, 0.3) is 0 Å². The first-order valence-corrected chi connectivity index (χ1v) is 6.29. The standard InChI is InChI=1S/C15H24O/c1-11(2)5-6-13-8-14(7-12(3)4)10-15(16)9-13/h8-12,16H,5-7H2,1-4H3. The summed E-state index contributed by atoms with van der Waals surface area (Å²) in [4.78, 5) is 0. The molecule has 1 rings (SSSR count). The first-order valence-electron chi connectivity index (χ1n) is 6.29. The zero-order chi connectivity index (χ0) is 12.1. The fourth-order valence-corrected chi connectivity index (χ4v) is 1.93. The van der Waals surface area contributed by atoms with Crippen LogP contribution in [0.1, 0.15) is 45.2 Å². The predicted octanol–water partition coefficient (Wildman–Crippen LogP) is 4.18. The van der Waals surface area contributed by atoms with Crippen LogP contribution < -0.4 is 0 Å². The van der Waals surface area contributed by atoms with Crippen molar-refractivity contribution in [2.24, 2.45) is 11.8 Å². The highest BCUT2D eigenvalue weighted by molar-refractivity contribution is 5.33. The van der Waals surface area contributed by atoms with E-state index in [0.29, 0.717) is 11.7 Å². The van der Waals surface area contributed by atoms with Gasteiger partial charge in [-0.05, 0) is 54.4 Å². The maximum absolute atomic E-state index is 9.67. The van der Waals surface area contributed by atoms with Gasteiger partial charge in [0.1, 0.15) is 5.75 Å². The summed E-state index contributed by atoms with van der Waals surface area (Å²) in [5, 5.41) is 9.67. The molecule has 0 amide bonds. The highest BCUT2D eigenvalue weighted by Crippen LogP contribution is 2.20. The minimum absolute atomic E-state index is 0.414. The first-order chi connectivity index (χ1) is 7.47. The smallest absolute Gasteiger partial charge is 0.116 e. The van der Waals surface area contributed by atoms with Crippen molar-refractivity contribution in [3.8, 4) is 5.75 Å². The molecule has 1 nitrogen and oxygen atoms in total. The normalized spacial score (nSPS) is 11.4. The fourth-order valence-electron chi connectivity index (χ4n) is 1.93. The molecule has 0 aliphatic rings. The third-order valence-electron chi connectivity index (χ3n) is 2.69. The molecule has 16 heavy (non-hydrogen) atoms. The Labute approximate surface area is 99.5 Å². The van der Waals surface area contributed by atoms with Crippen LogP contribution >= 0.6 is 0 Å². The summed E-state index contributed by atoms with van der Waals surface area (Å²) >= 11 is 0. The van der Waals surface area contributed by atoms with Crippen molar-refractivity contribution in [2.75, 3.05) is 0 Å². The van der Waals surface area contributed by atoms with Crippen molar-refractivity contribution in [2.45, 2.75) is 47.0 Å². The molecule has 1 aromatic carbocycles. The van der Waals surface area contributed by atoms with E-state index in [9.17, 15) is 5.11 Å². The van der Waals surface area contributed by atoms with E-state index in [1.807, 2.05) is 12.1 Å². The molecule has 90 valence electrons. The Hall–Kier alpha value is -0.980. The summed E-state index contributed by atoms with van der Waals surface area (Å²) in [5.41, 5.74) is 2.53. The van der Waals surface area contributed by atoms with E-state index < -0.39 is 0 Å². The molecule has 0 heterocycles. The van der Waals surface area contributed by atoms with Crippen LogP contribution in [0, 0.1) is 11.8 Å². The number of aromatic hydroxyl groups is 1. The van der Waals surface area contributed by atoms with Crippen LogP contribution in [-0.4, -0.2) is 5.11 Å². The molecule has 0 saturated heterocycles. The van der Waals surface area contributed by atoms with E-state index in [2.05, 4.69) is 33.8 Å². The molecule has 0 spiro atoms. The molecule has 0 unspecified atom stereocenters. The van der Waals surface area contributed by atoms with Crippen LogP contribution in [0.15, 0.2) is 18.2 Å². The maximum Gasteiger partial charge on any atom is 0.116 e. The topological polar surface area (TPSA) is 20.2 Å². The van der Waals surface area contributed by atoms with Gasteiger partial charge in [0.05, 0.1) is 0 Å². The molecule has 1 aromatic rings. The van der Waals surface area contributed by atoms with Gasteiger partial charge in [-0.25, -0.2) is 0 Å². The molecule has 0 bridgehead atoms. The monoisotopic (exact) mass is 220 g/mol. The van der Waals surface area contributed by atoms with Crippen molar-refractivity contribution in [1.29, 1.82) is 0 Å². The van der Waals surface area contributed by atoms with Crippen molar-refractivity contribution in [1.82, 2.24) is 0 Å². The highest BCUT2D eigenvalue weighted by Gasteiger charge is 2.04. The lowest BCUT2D eigenvalue weighted by atomic mass is 9.97. The van der Waals surface area contributed by atoms with Gasteiger partial charge in [0, 0.05) is 0 Å². The number of hydrogen-bond acceptors (Lipinski definition) is 1. The van der Waals surface area contributed by atoms with Crippen LogP contribution in [0.5, 0.6) is 5.75 Å². The summed E-state index contributed by atoms with van der Waals surface area (Å²) in [5.74, 6) is 1.77. The zero-order valence-electron chi connectivity index (χ0n) is 11.0. The second-order valence-corrected chi connectivity index (χ2v) is 5.54. The summed E-state index contributed by atoms with van der Waals surface area (Å²) in [6.45, 7) is 8.88. The highest BCUT2D eigenvalue weighted by atomic mass is 16.3. The van der Waals surface area contributed by atoms with Gasteiger partial charge in [-0.2, -0.15) is 0 Å². The van der Waals surface area contributed by atoms with E-state index >= 15 is 0 Å². The lowest BCUT2D eigenvalue weighted by molar-refractivity contribution is 0.472. The second-order valence-electron chi connectivity index (χ2n) is 5.54. The van der Waals surface area contributed by atoms with Gasteiger partial charge >= 0.3 is 0 Å². The third-order valence-corrected chi connectivity index (χ3v) is 2.69. The quantitative estimate of drug-likeness (QED) is 0.789. The van der Waals surface area contributed by atoms with E-state index in [1.54, 1.807) is 0 Å². The van der Waals surface area contributed by atoms with E-state index in [4.69, 9.17) is 0 Å². The average molecular weight is 220 g/mol. The minimum atomic E-state index is 0.414. The summed E-state index contributed by atoms with van der Waals surface area (Å²) in [7, 11) is 0. The van der Waals surface area contributed by atoms with Gasteiger partial charge in [-0.1, -0.05) is 33.8 Å². The number of aryl methyl sites for hydroxylation is 1. The number of benzene rings is 1. The predicted molar refractivity (Wildman–Crippen MR) is 69.8 cm³/mol. The average Bonchev–Trinajstić information content (AvgIpc) is 2.12. The molecular weight excluding hydrogens is 196 g/mol. The van der Waals surface area contributed by atoms with E-state index in [-0.39, 0.29) is 0 Å². The Kier molecular flexibility index (Phi) is 4.85. The van der Waals surface area contributed by atoms with E-state index in [0.717, 1.165) is 18.8 Å². The van der Waals surface area contributed by atoms with Crippen LogP contribution in [-0.2, 0) is 12.8 Å². The van der Waals surface area contributed by atoms with Crippen molar-refractivity contribution in [3.05, 3.63) is 29.3 Å². The summed E-state index contributed by atoms with van der Waals surface area (Å²) < 4.78 is 0. The van der Waals surface area contributed by atoms with Gasteiger partial charge in [-0.3, -0.25) is 0 Å². The third kappa shape index (κ3) is 4.69. The lowest BCUT2D eigenvalue weighted by Crippen LogP contribution is -1.97. The van der Waals surface area contributed by atoms with Crippen molar-refractivity contribution >= 4 is 0 Å². The second kappa shape index (κ2) is 5.93. The summed E-state index contributed by atoms with van der Waals surface area (Å²) in [6, 6.07) is 6.02. The molecule has 0 fully saturated rings. The van der Waals surface area contributed by atoms with Gasteiger partial charge in [0.25, 0.3) is 0 Å². The molecule has 1 N–H and O–H groups in total. The number of phenols is 1. The molecule has 0 aliphatic heterocycles. The van der Waals surface area contributed by atoms with Crippen molar-refractivity contribution < 1.29 is 5.11 Å². The molecular formula is C15H24O. The molecule has 0 radical (unpaired) electrons. The molecule has 0 aliphatic carbocycles. The van der Waals surface area contributed by atoms with Gasteiger partial charge in [0.15, 0.2) is 0 Å². The van der Waals surface area contributed by atoms with Gasteiger partial charge < -0.3 is 5.11 Å². The fraction of sp³-hybridized carbons (Fsp3) is 0.600. The first kappa shape index (κ1) is 13.1.